The van der Waals surface area contributed by atoms with Crippen LogP contribution in [0.1, 0.15) is 52.9 Å². The van der Waals surface area contributed by atoms with Crippen LogP contribution in [0, 0.1) is 11.8 Å². The van der Waals surface area contributed by atoms with Gasteiger partial charge in [0.05, 0.1) is 0 Å². The Morgan fingerprint density at radius 1 is 1.25 bits per heavy atom. The third kappa shape index (κ3) is 7.69. The quantitative estimate of drug-likeness (QED) is 0.596. The number of amides is 1. The molecule has 2 N–H and O–H groups in total. The van der Waals surface area contributed by atoms with Crippen molar-refractivity contribution in [2.45, 2.75) is 52.9 Å². The number of hydrogen-bond acceptors (Lipinski definition) is 2. The number of rotatable bonds is 9. The lowest BCUT2D eigenvalue weighted by atomic mass is 9.98. The van der Waals surface area contributed by atoms with Crippen LogP contribution < -0.4 is 5.32 Å². The summed E-state index contributed by atoms with van der Waals surface area (Å²) in [6.07, 6.45) is 5.41. The first-order chi connectivity index (χ1) is 7.61. The summed E-state index contributed by atoms with van der Waals surface area (Å²) < 4.78 is 0. The van der Waals surface area contributed by atoms with E-state index in [-0.39, 0.29) is 11.8 Å². The summed E-state index contributed by atoms with van der Waals surface area (Å²) in [4.78, 5) is 11.2. The summed E-state index contributed by atoms with van der Waals surface area (Å²) in [7, 11) is 0. The van der Waals surface area contributed by atoms with Gasteiger partial charge in [-0.2, -0.15) is 0 Å². The second-order valence-electron chi connectivity index (χ2n) is 4.78. The first kappa shape index (κ1) is 15.4. The number of nitrogens with one attached hydrogen (secondary N) is 1. The zero-order valence-corrected chi connectivity index (χ0v) is 11.0. The smallest absolute Gasteiger partial charge is 0.222 e. The average molecular weight is 229 g/mol. The summed E-state index contributed by atoms with van der Waals surface area (Å²) in [6.45, 7) is 7.01. The molecule has 0 heterocycles. The van der Waals surface area contributed by atoms with E-state index in [2.05, 4.69) is 12.2 Å². The second kappa shape index (κ2) is 9.64. The van der Waals surface area contributed by atoms with Gasteiger partial charge >= 0.3 is 0 Å². The lowest BCUT2D eigenvalue weighted by Crippen LogP contribution is -2.28. The Bertz CT molecular complexity index is 181. The van der Waals surface area contributed by atoms with Crippen LogP contribution >= 0.6 is 0 Å². The molecule has 3 heteroatoms. The molecule has 0 aromatic heterocycles. The van der Waals surface area contributed by atoms with Gasteiger partial charge in [-0.15, -0.1) is 0 Å². The monoisotopic (exact) mass is 229 g/mol. The average Bonchev–Trinajstić information content (AvgIpc) is 2.26. The Balaban J connectivity index is 3.41. The predicted octanol–water partition coefficient (Wildman–Crippen LogP) is 2.34. The van der Waals surface area contributed by atoms with E-state index in [1.807, 2.05) is 13.8 Å². The van der Waals surface area contributed by atoms with Gasteiger partial charge in [0.1, 0.15) is 0 Å². The van der Waals surface area contributed by atoms with E-state index in [0.717, 1.165) is 38.6 Å². The first-order valence-electron chi connectivity index (χ1n) is 6.50. The van der Waals surface area contributed by atoms with E-state index < -0.39 is 0 Å². The highest BCUT2D eigenvalue weighted by atomic mass is 16.3. The molecule has 1 unspecified atom stereocenters. The van der Waals surface area contributed by atoms with E-state index in [1.165, 1.54) is 0 Å². The van der Waals surface area contributed by atoms with Crippen molar-refractivity contribution < 1.29 is 9.90 Å². The number of carbonyl (C=O) groups excluding carboxylic acids is 1. The molecule has 0 radical (unpaired) electrons. The van der Waals surface area contributed by atoms with E-state index in [1.54, 1.807) is 0 Å². The van der Waals surface area contributed by atoms with Crippen LogP contribution in [0.3, 0.4) is 0 Å². The minimum absolute atomic E-state index is 0.0743. The van der Waals surface area contributed by atoms with Gasteiger partial charge in [0.2, 0.25) is 5.91 Å². The number of hydrogen-bond donors (Lipinski definition) is 2. The van der Waals surface area contributed by atoms with Crippen molar-refractivity contribution in [3.05, 3.63) is 0 Å². The maximum Gasteiger partial charge on any atom is 0.222 e. The summed E-state index contributed by atoms with van der Waals surface area (Å²) in [5, 5.41) is 12.0. The summed E-state index contributed by atoms with van der Waals surface area (Å²) in [5.74, 6) is 0.656. The molecule has 96 valence electrons. The summed E-state index contributed by atoms with van der Waals surface area (Å²) >= 11 is 0. The molecule has 0 spiro atoms. The highest BCUT2D eigenvalue weighted by molar-refractivity contribution is 5.77. The molecule has 0 saturated carbocycles. The molecule has 0 aliphatic carbocycles. The van der Waals surface area contributed by atoms with E-state index in [4.69, 9.17) is 5.11 Å². The molecule has 0 saturated heterocycles. The molecule has 0 bridgehead atoms. The van der Waals surface area contributed by atoms with Crippen molar-refractivity contribution in [2.24, 2.45) is 11.8 Å². The van der Waals surface area contributed by atoms with Crippen molar-refractivity contribution in [3.63, 3.8) is 0 Å². The second-order valence-corrected chi connectivity index (χ2v) is 4.78. The topological polar surface area (TPSA) is 49.3 Å². The van der Waals surface area contributed by atoms with Gasteiger partial charge < -0.3 is 10.4 Å². The molecule has 0 aliphatic rings. The Labute approximate surface area is 99.6 Å². The molecular formula is C13H27NO2. The fourth-order valence-corrected chi connectivity index (χ4v) is 1.71. The van der Waals surface area contributed by atoms with Gasteiger partial charge in [-0.25, -0.2) is 0 Å². The van der Waals surface area contributed by atoms with Crippen molar-refractivity contribution in [3.8, 4) is 0 Å². The standard InChI is InChI=1S/C13H27NO2/c1-4-7-12(10-15)8-5-6-9-14-13(16)11(2)3/h11-12,15H,4-10H2,1-3H3,(H,14,16). The molecular weight excluding hydrogens is 202 g/mol. The minimum Gasteiger partial charge on any atom is -0.396 e. The highest BCUT2D eigenvalue weighted by Gasteiger charge is 2.07. The lowest BCUT2D eigenvalue weighted by molar-refractivity contribution is -0.123. The van der Waals surface area contributed by atoms with Crippen LogP contribution in [-0.4, -0.2) is 24.2 Å². The Morgan fingerprint density at radius 3 is 2.44 bits per heavy atom. The maximum absolute atomic E-state index is 11.2. The fraction of sp³-hybridized carbons (Fsp3) is 0.923. The third-order valence-electron chi connectivity index (χ3n) is 2.82. The normalized spacial score (nSPS) is 12.8. The van der Waals surface area contributed by atoms with Gasteiger partial charge in [-0.1, -0.05) is 33.6 Å². The Morgan fingerprint density at radius 2 is 1.94 bits per heavy atom. The van der Waals surface area contributed by atoms with Gasteiger partial charge in [-0.3, -0.25) is 4.79 Å². The summed E-state index contributed by atoms with van der Waals surface area (Å²) in [6, 6.07) is 0. The number of aliphatic hydroxyl groups excluding tert-OH is 1. The molecule has 0 aliphatic heterocycles. The van der Waals surface area contributed by atoms with Crippen molar-refractivity contribution in [1.29, 1.82) is 0 Å². The molecule has 1 amide bonds. The van der Waals surface area contributed by atoms with Crippen LogP contribution in [0.15, 0.2) is 0 Å². The van der Waals surface area contributed by atoms with Gasteiger partial charge in [0.25, 0.3) is 0 Å². The van der Waals surface area contributed by atoms with E-state index in [0.29, 0.717) is 12.5 Å². The predicted molar refractivity (Wildman–Crippen MR) is 67.2 cm³/mol. The molecule has 3 nitrogen and oxygen atoms in total. The highest BCUT2D eigenvalue weighted by Crippen LogP contribution is 2.13. The van der Waals surface area contributed by atoms with Crippen molar-refractivity contribution >= 4 is 5.91 Å². The molecule has 0 aromatic carbocycles. The van der Waals surface area contributed by atoms with Crippen molar-refractivity contribution in [1.82, 2.24) is 5.32 Å². The Kier molecular flexibility index (Phi) is 9.30. The van der Waals surface area contributed by atoms with Gasteiger partial charge in [-0.05, 0) is 25.2 Å². The lowest BCUT2D eigenvalue weighted by Gasteiger charge is -2.13. The largest absolute Gasteiger partial charge is 0.396 e. The van der Waals surface area contributed by atoms with Crippen LogP contribution in [0.2, 0.25) is 0 Å². The van der Waals surface area contributed by atoms with Gasteiger partial charge in [0, 0.05) is 19.1 Å². The van der Waals surface area contributed by atoms with E-state index in [9.17, 15) is 4.79 Å². The number of unbranched alkanes of at least 4 members (excludes halogenated alkanes) is 1. The zero-order valence-electron chi connectivity index (χ0n) is 11.0. The van der Waals surface area contributed by atoms with Crippen LogP contribution in [0.25, 0.3) is 0 Å². The van der Waals surface area contributed by atoms with Crippen molar-refractivity contribution in [2.75, 3.05) is 13.2 Å². The third-order valence-corrected chi connectivity index (χ3v) is 2.82. The van der Waals surface area contributed by atoms with Crippen LogP contribution in [-0.2, 0) is 4.79 Å². The number of aliphatic hydroxyl groups is 1. The summed E-state index contributed by atoms with van der Waals surface area (Å²) in [5.41, 5.74) is 0. The molecule has 0 rings (SSSR count). The van der Waals surface area contributed by atoms with E-state index >= 15 is 0 Å². The molecule has 0 aromatic rings. The van der Waals surface area contributed by atoms with Gasteiger partial charge in [0.15, 0.2) is 0 Å². The van der Waals surface area contributed by atoms with Crippen LogP contribution in [0.5, 0.6) is 0 Å². The minimum atomic E-state index is 0.0743. The first-order valence-corrected chi connectivity index (χ1v) is 6.50. The van der Waals surface area contributed by atoms with Crippen LogP contribution in [0.4, 0.5) is 0 Å². The maximum atomic E-state index is 11.2. The molecule has 0 fully saturated rings. The molecule has 1 atom stereocenters. The zero-order chi connectivity index (χ0) is 12.4. The fourth-order valence-electron chi connectivity index (χ4n) is 1.71. The number of carbonyl (C=O) groups is 1. The Hall–Kier alpha value is -0.570. The SMILES string of the molecule is CCCC(CO)CCCCNC(=O)C(C)C. The molecule has 16 heavy (non-hydrogen) atoms.